The highest BCUT2D eigenvalue weighted by Crippen LogP contribution is 2.29. The van der Waals surface area contributed by atoms with Crippen molar-refractivity contribution >= 4 is 11.5 Å². The standard InChI is InChI=1S/C14H26N4O2/c1-6-17-14(13(18(19)20)12(5)16-17)15-11(4)9-7-8-10(2)3/h10-11,15H,6-9H2,1-5H3. The molecular weight excluding hydrogens is 256 g/mol. The van der Waals surface area contributed by atoms with Crippen molar-refractivity contribution in [2.24, 2.45) is 5.92 Å². The third-order valence-electron chi connectivity index (χ3n) is 3.38. The molecule has 1 heterocycles. The summed E-state index contributed by atoms with van der Waals surface area (Å²) in [6.45, 7) is 10.7. The molecule has 0 aromatic carbocycles. The van der Waals surface area contributed by atoms with Gasteiger partial charge in [-0.15, -0.1) is 0 Å². The molecule has 1 N–H and O–H groups in total. The minimum atomic E-state index is -0.350. The SMILES string of the molecule is CCn1nc(C)c([N+](=O)[O-])c1NC(C)CCCC(C)C. The van der Waals surface area contributed by atoms with Gasteiger partial charge in [0, 0.05) is 12.6 Å². The van der Waals surface area contributed by atoms with E-state index >= 15 is 0 Å². The van der Waals surface area contributed by atoms with Gasteiger partial charge >= 0.3 is 5.69 Å². The summed E-state index contributed by atoms with van der Waals surface area (Å²) in [5.74, 6) is 1.23. The van der Waals surface area contributed by atoms with Crippen LogP contribution in [0.3, 0.4) is 0 Å². The molecule has 0 spiro atoms. The van der Waals surface area contributed by atoms with E-state index in [4.69, 9.17) is 0 Å². The summed E-state index contributed by atoms with van der Waals surface area (Å²) in [7, 11) is 0. The summed E-state index contributed by atoms with van der Waals surface area (Å²) >= 11 is 0. The molecule has 0 saturated heterocycles. The average Bonchev–Trinajstić information content (AvgIpc) is 2.64. The van der Waals surface area contributed by atoms with Gasteiger partial charge in [-0.2, -0.15) is 5.10 Å². The molecule has 6 heteroatoms. The second-order valence-corrected chi connectivity index (χ2v) is 5.73. The molecule has 1 atom stereocenters. The van der Waals surface area contributed by atoms with Gasteiger partial charge in [-0.3, -0.25) is 10.1 Å². The van der Waals surface area contributed by atoms with Crippen LogP contribution in [0.4, 0.5) is 11.5 Å². The van der Waals surface area contributed by atoms with E-state index in [0.29, 0.717) is 24.0 Å². The van der Waals surface area contributed by atoms with E-state index in [2.05, 4.69) is 31.2 Å². The lowest BCUT2D eigenvalue weighted by Crippen LogP contribution is -2.19. The third-order valence-corrected chi connectivity index (χ3v) is 3.38. The molecule has 1 aromatic heterocycles. The van der Waals surface area contributed by atoms with Crippen LogP contribution in [0.15, 0.2) is 0 Å². The molecule has 0 aliphatic carbocycles. The fourth-order valence-corrected chi connectivity index (χ4v) is 2.30. The molecule has 1 unspecified atom stereocenters. The van der Waals surface area contributed by atoms with Crippen LogP contribution in [-0.2, 0) is 6.54 Å². The third kappa shape index (κ3) is 4.21. The first kappa shape index (κ1) is 16.5. The van der Waals surface area contributed by atoms with Crippen molar-refractivity contribution in [2.45, 2.75) is 66.5 Å². The van der Waals surface area contributed by atoms with Crippen LogP contribution in [0.1, 0.15) is 52.7 Å². The molecule has 0 radical (unpaired) electrons. The van der Waals surface area contributed by atoms with Crippen molar-refractivity contribution < 1.29 is 4.92 Å². The van der Waals surface area contributed by atoms with Gasteiger partial charge in [0.2, 0.25) is 5.82 Å². The number of rotatable bonds is 8. The Balaban J connectivity index is 2.77. The summed E-state index contributed by atoms with van der Waals surface area (Å²) in [6, 6.07) is 0.203. The quantitative estimate of drug-likeness (QED) is 0.582. The minimum absolute atomic E-state index is 0.0996. The van der Waals surface area contributed by atoms with Gasteiger partial charge in [-0.1, -0.05) is 26.7 Å². The van der Waals surface area contributed by atoms with Crippen LogP contribution < -0.4 is 5.32 Å². The van der Waals surface area contributed by atoms with Crippen LogP contribution in [0.5, 0.6) is 0 Å². The molecule has 0 aliphatic rings. The Morgan fingerprint density at radius 2 is 2.00 bits per heavy atom. The molecule has 114 valence electrons. The van der Waals surface area contributed by atoms with E-state index in [0.717, 1.165) is 12.8 Å². The summed E-state index contributed by atoms with van der Waals surface area (Å²) in [6.07, 6.45) is 3.31. The fourth-order valence-electron chi connectivity index (χ4n) is 2.30. The van der Waals surface area contributed by atoms with Gasteiger partial charge in [0.1, 0.15) is 5.69 Å². The number of nitrogens with zero attached hydrogens (tertiary/aromatic N) is 3. The van der Waals surface area contributed by atoms with Crippen molar-refractivity contribution in [3.8, 4) is 0 Å². The smallest absolute Gasteiger partial charge is 0.333 e. The van der Waals surface area contributed by atoms with Gasteiger partial charge in [0.25, 0.3) is 0 Å². The Morgan fingerprint density at radius 3 is 2.50 bits per heavy atom. The summed E-state index contributed by atoms with van der Waals surface area (Å²) in [5, 5.41) is 18.7. The number of aromatic nitrogens is 2. The highest BCUT2D eigenvalue weighted by molar-refractivity contribution is 5.59. The number of aryl methyl sites for hydroxylation is 2. The predicted molar refractivity (Wildman–Crippen MR) is 81.1 cm³/mol. The molecular formula is C14H26N4O2. The van der Waals surface area contributed by atoms with E-state index in [9.17, 15) is 10.1 Å². The van der Waals surface area contributed by atoms with Crippen LogP contribution in [-0.4, -0.2) is 20.7 Å². The van der Waals surface area contributed by atoms with E-state index in [1.807, 2.05) is 6.92 Å². The van der Waals surface area contributed by atoms with E-state index < -0.39 is 0 Å². The minimum Gasteiger partial charge on any atom is -0.362 e. The largest absolute Gasteiger partial charge is 0.362 e. The Kier molecular flexibility index (Phi) is 5.98. The van der Waals surface area contributed by atoms with Crippen molar-refractivity contribution in [3.05, 3.63) is 15.8 Å². The molecule has 0 aliphatic heterocycles. The molecule has 0 fully saturated rings. The molecule has 0 amide bonds. The second kappa shape index (κ2) is 7.26. The summed E-state index contributed by atoms with van der Waals surface area (Å²) in [5.41, 5.74) is 0.566. The van der Waals surface area contributed by atoms with E-state index in [1.54, 1.807) is 11.6 Å². The first-order valence-electron chi connectivity index (χ1n) is 7.35. The number of anilines is 1. The predicted octanol–water partition coefficient (Wildman–Crippen LogP) is 3.75. The Morgan fingerprint density at radius 1 is 1.35 bits per heavy atom. The van der Waals surface area contributed by atoms with Crippen LogP contribution >= 0.6 is 0 Å². The van der Waals surface area contributed by atoms with Crippen molar-refractivity contribution in [1.29, 1.82) is 0 Å². The van der Waals surface area contributed by atoms with E-state index in [1.165, 1.54) is 6.42 Å². The van der Waals surface area contributed by atoms with Gasteiger partial charge < -0.3 is 5.32 Å². The Bertz CT molecular complexity index is 454. The number of nitrogens with one attached hydrogen (secondary N) is 1. The molecule has 1 rings (SSSR count). The lowest BCUT2D eigenvalue weighted by molar-refractivity contribution is -0.384. The fraction of sp³-hybridized carbons (Fsp3) is 0.786. The lowest BCUT2D eigenvalue weighted by Gasteiger charge is -2.16. The zero-order valence-electron chi connectivity index (χ0n) is 13.1. The summed E-state index contributed by atoms with van der Waals surface area (Å²) in [4.78, 5) is 10.8. The van der Waals surface area contributed by atoms with E-state index in [-0.39, 0.29) is 16.7 Å². The number of hydrogen-bond donors (Lipinski definition) is 1. The average molecular weight is 282 g/mol. The van der Waals surface area contributed by atoms with Gasteiger partial charge in [0.15, 0.2) is 0 Å². The molecule has 6 nitrogen and oxygen atoms in total. The van der Waals surface area contributed by atoms with Gasteiger partial charge in [-0.05, 0) is 33.1 Å². The summed E-state index contributed by atoms with van der Waals surface area (Å²) < 4.78 is 1.67. The monoisotopic (exact) mass is 282 g/mol. The lowest BCUT2D eigenvalue weighted by atomic mass is 10.0. The highest BCUT2D eigenvalue weighted by atomic mass is 16.6. The second-order valence-electron chi connectivity index (χ2n) is 5.73. The molecule has 1 aromatic rings. The Labute approximate surface area is 120 Å². The maximum atomic E-state index is 11.2. The zero-order valence-corrected chi connectivity index (χ0v) is 13.1. The number of nitro groups is 1. The van der Waals surface area contributed by atoms with Gasteiger partial charge in [0.05, 0.1) is 4.92 Å². The van der Waals surface area contributed by atoms with Crippen LogP contribution in [0.25, 0.3) is 0 Å². The van der Waals surface area contributed by atoms with Crippen LogP contribution in [0, 0.1) is 23.0 Å². The van der Waals surface area contributed by atoms with Gasteiger partial charge in [-0.25, -0.2) is 4.68 Å². The zero-order chi connectivity index (χ0) is 15.3. The van der Waals surface area contributed by atoms with Crippen molar-refractivity contribution in [1.82, 2.24) is 9.78 Å². The normalized spacial score (nSPS) is 12.7. The maximum Gasteiger partial charge on any atom is 0.333 e. The highest BCUT2D eigenvalue weighted by Gasteiger charge is 2.25. The topological polar surface area (TPSA) is 73.0 Å². The van der Waals surface area contributed by atoms with Crippen molar-refractivity contribution in [2.75, 3.05) is 5.32 Å². The first-order valence-corrected chi connectivity index (χ1v) is 7.35. The molecule has 0 saturated carbocycles. The number of hydrogen-bond acceptors (Lipinski definition) is 4. The van der Waals surface area contributed by atoms with Crippen molar-refractivity contribution in [3.63, 3.8) is 0 Å². The first-order chi connectivity index (χ1) is 9.36. The Hall–Kier alpha value is -1.59. The molecule has 20 heavy (non-hydrogen) atoms. The van der Waals surface area contributed by atoms with Crippen LogP contribution in [0.2, 0.25) is 0 Å². The maximum absolute atomic E-state index is 11.2. The molecule has 0 bridgehead atoms.